The number of rotatable bonds is 10. The molecular weight excluding hydrogens is 184 g/mol. The lowest BCUT2D eigenvalue weighted by Gasteiger charge is -2.01. The maximum Gasteiger partial charge on any atom is 0.0572 e. The molecule has 0 spiro atoms. The molecule has 0 fully saturated rings. The molecule has 0 aromatic carbocycles. The van der Waals surface area contributed by atoms with Crippen LogP contribution >= 0.6 is 0 Å². The lowest BCUT2D eigenvalue weighted by atomic mass is 10.1. The highest BCUT2D eigenvalue weighted by atomic mass is 16.3. The van der Waals surface area contributed by atoms with E-state index in [1.165, 1.54) is 44.9 Å². The van der Waals surface area contributed by atoms with Crippen LogP contribution in [0.3, 0.4) is 0 Å². The van der Waals surface area contributed by atoms with Crippen molar-refractivity contribution in [3.05, 3.63) is 12.2 Å². The third kappa shape index (κ3) is 11.6. The van der Waals surface area contributed by atoms with E-state index >= 15 is 0 Å². The largest absolute Gasteiger partial charge is 0.393 e. The first-order valence-electron chi connectivity index (χ1n) is 6.64. The first-order valence-corrected chi connectivity index (χ1v) is 6.64. The quantitative estimate of drug-likeness (QED) is 0.419. The van der Waals surface area contributed by atoms with Gasteiger partial charge in [-0.25, -0.2) is 0 Å². The maximum absolute atomic E-state index is 9.31. The van der Waals surface area contributed by atoms with Crippen LogP contribution in [0.25, 0.3) is 0 Å². The average Bonchev–Trinajstić information content (AvgIpc) is 2.26. The molecule has 1 atom stereocenters. The molecule has 0 saturated carbocycles. The van der Waals surface area contributed by atoms with E-state index in [1.807, 2.05) is 6.92 Å². The monoisotopic (exact) mass is 212 g/mol. The topological polar surface area (TPSA) is 20.2 Å². The molecule has 1 nitrogen and oxygen atoms in total. The fourth-order valence-electron chi connectivity index (χ4n) is 1.58. The van der Waals surface area contributed by atoms with E-state index in [4.69, 9.17) is 0 Å². The highest BCUT2D eigenvalue weighted by molar-refractivity contribution is 4.83. The van der Waals surface area contributed by atoms with Gasteiger partial charge >= 0.3 is 0 Å². The van der Waals surface area contributed by atoms with Crippen LogP contribution in [-0.2, 0) is 0 Å². The van der Waals surface area contributed by atoms with Gasteiger partial charge in [0.2, 0.25) is 0 Å². The van der Waals surface area contributed by atoms with Gasteiger partial charge in [0.1, 0.15) is 0 Å². The van der Waals surface area contributed by atoms with Crippen LogP contribution in [0, 0.1) is 0 Å². The smallest absolute Gasteiger partial charge is 0.0572 e. The zero-order chi connectivity index (χ0) is 11.4. The molecule has 1 heteroatoms. The Morgan fingerprint density at radius 3 is 2.27 bits per heavy atom. The summed E-state index contributed by atoms with van der Waals surface area (Å²) in [4.78, 5) is 0. The Labute approximate surface area is 95.6 Å². The van der Waals surface area contributed by atoms with E-state index in [-0.39, 0.29) is 6.10 Å². The van der Waals surface area contributed by atoms with Crippen molar-refractivity contribution in [3.8, 4) is 0 Å². The molecule has 0 rings (SSSR count). The zero-order valence-corrected chi connectivity index (χ0v) is 10.5. The summed E-state index contributed by atoms with van der Waals surface area (Å²) in [5, 5.41) is 9.31. The first kappa shape index (κ1) is 14.7. The summed E-state index contributed by atoms with van der Waals surface area (Å²) in [6.07, 6.45) is 15.3. The molecule has 0 heterocycles. The van der Waals surface area contributed by atoms with Crippen molar-refractivity contribution in [1.29, 1.82) is 0 Å². The molecule has 0 aliphatic carbocycles. The van der Waals surface area contributed by atoms with Crippen molar-refractivity contribution in [2.24, 2.45) is 0 Å². The Bertz CT molecular complexity index is 140. The molecule has 0 bridgehead atoms. The van der Waals surface area contributed by atoms with Gasteiger partial charge in [-0.05, 0) is 25.7 Å². The van der Waals surface area contributed by atoms with Gasteiger partial charge in [0.15, 0.2) is 0 Å². The first-order chi connectivity index (χ1) is 7.31. The standard InChI is InChI=1S/C14H28O/c1-3-5-6-7-8-9-10-11-12-13-14(15)4-2/h11-12,14-15H,3-10,13H2,1-2H3. The van der Waals surface area contributed by atoms with Gasteiger partial charge in [-0.3, -0.25) is 0 Å². The Kier molecular flexibility index (Phi) is 11.5. The lowest BCUT2D eigenvalue weighted by Crippen LogP contribution is -2.00. The molecule has 0 radical (unpaired) electrons. The average molecular weight is 212 g/mol. The zero-order valence-electron chi connectivity index (χ0n) is 10.5. The summed E-state index contributed by atoms with van der Waals surface area (Å²) < 4.78 is 0. The van der Waals surface area contributed by atoms with Crippen LogP contribution in [0.4, 0.5) is 0 Å². The Balaban J connectivity index is 3.09. The van der Waals surface area contributed by atoms with Gasteiger partial charge in [0.25, 0.3) is 0 Å². The van der Waals surface area contributed by atoms with Crippen LogP contribution in [-0.4, -0.2) is 11.2 Å². The van der Waals surface area contributed by atoms with Crippen molar-refractivity contribution >= 4 is 0 Å². The molecule has 0 amide bonds. The Morgan fingerprint density at radius 2 is 1.60 bits per heavy atom. The predicted molar refractivity (Wildman–Crippen MR) is 68.0 cm³/mol. The number of hydrogen-bond donors (Lipinski definition) is 1. The summed E-state index contributed by atoms with van der Waals surface area (Å²) in [7, 11) is 0. The SMILES string of the molecule is CCCCCCCCC=CCC(O)CC. The maximum atomic E-state index is 9.31. The predicted octanol–water partition coefficient (Wildman–Crippen LogP) is 4.45. The Hall–Kier alpha value is -0.300. The van der Waals surface area contributed by atoms with E-state index in [0.717, 1.165) is 12.8 Å². The molecule has 0 saturated heterocycles. The van der Waals surface area contributed by atoms with Crippen molar-refractivity contribution in [3.63, 3.8) is 0 Å². The second-order valence-electron chi connectivity index (χ2n) is 4.33. The second kappa shape index (κ2) is 11.8. The second-order valence-corrected chi connectivity index (χ2v) is 4.33. The molecular formula is C14H28O. The van der Waals surface area contributed by atoms with Crippen molar-refractivity contribution in [2.75, 3.05) is 0 Å². The fraction of sp³-hybridized carbons (Fsp3) is 0.857. The van der Waals surface area contributed by atoms with Crippen molar-refractivity contribution in [2.45, 2.75) is 77.7 Å². The number of unbranched alkanes of at least 4 members (excludes halogenated alkanes) is 6. The van der Waals surface area contributed by atoms with E-state index in [9.17, 15) is 5.11 Å². The Morgan fingerprint density at radius 1 is 0.933 bits per heavy atom. The molecule has 0 aliphatic rings. The molecule has 90 valence electrons. The van der Waals surface area contributed by atoms with Crippen LogP contribution in [0.1, 0.15) is 71.6 Å². The molecule has 0 aromatic heterocycles. The molecule has 1 N–H and O–H groups in total. The molecule has 1 unspecified atom stereocenters. The third-order valence-electron chi connectivity index (χ3n) is 2.77. The molecule has 0 aromatic rings. The van der Waals surface area contributed by atoms with Crippen LogP contribution in [0.2, 0.25) is 0 Å². The van der Waals surface area contributed by atoms with Crippen molar-refractivity contribution < 1.29 is 5.11 Å². The fourth-order valence-corrected chi connectivity index (χ4v) is 1.58. The highest BCUT2D eigenvalue weighted by Gasteiger charge is 1.94. The molecule has 15 heavy (non-hydrogen) atoms. The summed E-state index contributed by atoms with van der Waals surface area (Å²) >= 11 is 0. The number of allylic oxidation sites excluding steroid dienone is 1. The summed E-state index contributed by atoms with van der Waals surface area (Å²) in [5.41, 5.74) is 0. The lowest BCUT2D eigenvalue weighted by molar-refractivity contribution is 0.173. The minimum atomic E-state index is -0.134. The van der Waals surface area contributed by atoms with E-state index < -0.39 is 0 Å². The van der Waals surface area contributed by atoms with Gasteiger partial charge in [-0.1, -0.05) is 58.1 Å². The molecule has 0 aliphatic heterocycles. The summed E-state index contributed by atoms with van der Waals surface area (Å²) in [5.74, 6) is 0. The number of hydrogen-bond acceptors (Lipinski definition) is 1. The minimum Gasteiger partial charge on any atom is -0.393 e. The van der Waals surface area contributed by atoms with E-state index in [2.05, 4.69) is 19.1 Å². The normalized spacial score (nSPS) is 13.5. The van der Waals surface area contributed by atoms with E-state index in [0.29, 0.717) is 0 Å². The van der Waals surface area contributed by atoms with Gasteiger partial charge < -0.3 is 5.11 Å². The number of aliphatic hydroxyl groups excluding tert-OH is 1. The number of aliphatic hydroxyl groups is 1. The third-order valence-corrected chi connectivity index (χ3v) is 2.77. The van der Waals surface area contributed by atoms with Crippen LogP contribution < -0.4 is 0 Å². The van der Waals surface area contributed by atoms with Crippen LogP contribution in [0.5, 0.6) is 0 Å². The van der Waals surface area contributed by atoms with Gasteiger partial charge in [0, 0.05) is 0 Å². The minimum absolute atomic E-state index is 0.134. The van der Waals surface area contributed by atoms with Gasteiger partial charge in [-0.15, -0.1) is 0 Å². The van der Waals surface area contributed by atoms with Crippen LogP contribution in [0.15, 0.2) is 12.2 Å². The van der Waals surface area contributed by atoms with Gasteiger partial charge in [-0.2, -0.15) is 0 Å². The van der Waals surface area contributed by atoms with Crippen molar-refractivity contribution in [1.82, 2.24) is 0 Å². The summed E-state index contributed by atoms with van der Waals surface area (Å²) in [6, 6.07) is 0. The highest BCUT2D eigenvalue weighted by Crippen LogP contribution is 2.07. The summed E-state index contributed by atoms with van der Waals surface area (Å²) in [6.45, 7) is 4.27. The van der Waals surface area contributed by atoms with E-state index in [1.54, 1.807) is 0 Å². The van der Waals surface area contributed by atoms with Gasteiger partial charge in [0.05, 0.1) is 6.10 Å².